The highest BCUT2D eigenvalue weighted by molar-refractivity contribution is 7.92. The first-order valence-corrected chi connectivity index (χ1v) is 10.1. The predicted molar refractivity (Wildman–Crippen MR) is 91.8 cm³/mol. The molecule has 0 bridgehead atoms. The van der Waals surface area contributed by atoms with Crippen molar-refractivity contribution in [3.8, 4) is 0 Å². The number of nitrogens with zero attached hydrogens (tertiary/aromatic N) is 1. The molecular weight excluding hydrogens is 314 g/mol. The second kappa shape index (κ2) is 8.61. The Bertz CT molecular complexity index is 586. The fourth-order valence-corrected chi connectivity index (χ4v) is 3.36. The van der Waals surface area contributed by atoms with E-state index < -0.39 is 10.0 Å². The molecule has 2 N–H and O–H groups in total. The van der Waals surface area contributed by atoms with E-state index in [9.17, 15) is 8.42 Å². The van der Waals surface area contributed by atoms with Gasteiger partial charge in [-0.2, -0.15) is 0 Å². The number of hydrogen-bond acceptors (Lipinski definition) is 5. The summed E-state index contributed by atoms with van der Waals surface area (Å²) in [5.74, 6) is 0.321. The smallest absolute Gasteiger partial charge is 0.230 e. The van der Waals surface area contributed by atoms with Gasteiger partial charge in [0.1, 0.15) is 5.82 Å². The van der Waals surface area contributed by atoms with Crippen LogP contribution in [0.2, 0.25) is 0 Å². The molecule has 1 heterocycles. The van der Waals surface area contributed by atoms with Gasteiger partial charge in [-0.1, -0.05) is 25.3 Å². The van der Waals surface area contributed by atoms with Gasteiger partial charge in [0.2, 0.25) is 10.0 Å². The van der Waals surface area contributed by atoms with E-state index in [0.29, 0.717) is 36.8 Å². The highest BCUT2D eigenvalue weighted by Gasteiger charge is 2.15. The minimum atomic E-state index is -3.31. The number of rotatable bonds is 8. The fourth-order valence-electron chi connectivity index (χ4n) is 2.87. The zero-order valence-corrected chi connectivity index (χ0v) is 14.7. The van der Waals surface area contributed by atoms with Gasteiger partial charge in [0.05, 0.1) is 25.2 Å². The zero-order valence-electron chi connectivity index (χ0n) is 13.9. The lowest BCUT2D eigenvalue weighted by atomic mass is 9.95. The van der Waals surface area contributed by atoms with Gasteiger partial charge in [-0.15, -0.1) is 0 Å². The molecule has 130 valence electrons. The Labute approximate surface area is 139 Å². The standard InChI is InChI=1S/C16H27N3O3S/c1-13(17-14-7-4-3-5-8-14)11-22-12-15-9-6-10-16(18-15)19-23(2,20)21/h6,9-10,13-14,17H,3-5,7-8,11-12H2,1-2H3,(H,18,19). The van der Waals surface area contributed by atoms with Gasteiger partial charge in [0, 0.05) is 12.1 Å². The van der Waals surface area contributed by atoms with Crippen molar-refractivity contribution >= 4 is 15.8 Å². The summed E-state index contributed by atoms with van der Waals surface area (Å²) in [7, 11) is -3.31. The molecule has 1 atom stereocenters. The van der Waals surface area contributed by atoms with E-state index in [1.165, 1.54) is 32.1 Å². The van der Waals surface area contributed by atoms with Crippen LogP contribution in [0.25, 0.3) is 0 Å². The highest BCUT2D eigenvalue weighted by atomic mass is 32.2. The number of pyridine rings is 1. The fraction of sp³-hybridized carbons (Fsp3) is 0.688. The van der Waals surface area contributed by atoms with Crippen molar-refractivity contribution < 1.29 is 13.2 Å². The van der Waals surface area contributed by atoms with Crippen molar-refractivity contribution in [2.45, 2.75) is 57.7 Å². The second-order valence-electron chi connectivity index (χ2n) is 6.31. The third-order valence-corrected chi connectivity index (χ3v) is 4.42. The molecule has 6 nitrogen and oxygen atoms in total. The van der Waals surface area contributed by atoms with Crippen LogP contribution in [-0.2, 0) is 21.4 Å². The first-order chi connectivity index (χ1) is 10.9. The summed E-state index contributed by atoms with van der Waals surface area (Å²) in [6.07, 6.45) is 7.60. The van der Waals surface area contributed by atoms with Crippen LogP contribution in [0, 0.1) is 0 Å². The summed E-state index contributed by atoms with van der Waals surface area (Å²) in [5.41, 5.74) is 0.712. The Morgan fingerprint density at radius 2 is 2.04 bits per heavy atom. The molecule has 0 spiro atoms. The van der Waals surface area contributed by atoms with E-state index in [1.807, 2.05) is 6.07 Å². The van der Waals surface area contributed by atoms with Crippen molar-refractivity contribution in [2.24, 2.45) is 0 Å². The maximum absolute atomic E-state index is 11.2. The molecule has 23 heavy (non-hydrogen) atoms. The molecule has 1 aliphatic carbocycles. The van der Waals surface area contributed by atoms with Crippen LogP contribution in [-0.4, -0.2) is 38.3 Å². The first kappa shape index (κ1) is 18.2. The van der Waals surface area contributed by atoms with Gasteiger partial charge < -0.3 is 10.1 Å². The average molecular weight is 341 g/mol. The minimum Gasteiger partial charge on any atom is -0.374 e. The summed E-state index contributed by atoms with van der Waals surface area (Å²) >= 11 is 0. The normalized spacial score (nSPS) is 17.8. The summed E-state index contributed by atoms with van der Waals surface area (Å²) < 4.78 is 30.5. The molecule has 0 aromatic carbocycles. The summed E-state index contributed by atoms with van der Waals surface area (Å²) in [6.45, 7) is 3.11. The lowest BCUT2D eigenvalue weighted by Crippen LogP contribution is -2.40. The monoisotopic (exact) mass is 341 g/mol. The van der Waals surface area contributed by atoms with Crippen LogP contribution in [0.5, 0.6) is 0 Å². The van der Waals surface area contributed by atoms with E-state index in [1.54, 1.807) is 12.1 Å². The van der Waals surface area contributed by atoms with Crippen LogP contribution < -0.4 is 10.0 Å². The number of hydrogen-bond donors (Lipinski definition) is 2. The molecule has 1 unspecified atom stereocenters. The number of sulfonamides is 1. The van der Waals surface area contributed by atoms with E-state index >= 15 is 0 Å². The topological polar surface area (TPSA) is 80.3 Å². The third-order valence-electron chi connectivity index (χ3n) is 3.84. The van der Waals surface area contributed by atoms with Crippen LogP contribution in [0.15, 0.2) is 18.2 Å². The Balaban J connectivity index is 1.73. The Morgan fingerprint density at radius 3 is 2.74 bits per heavy atom. The largest absolute Gasteiger partial charge is 0.374 e. The van der Waals surface area contributed by atoms with Crippen LogP contribution >= 0.6 is 0 Å². The Kier molecular flexibility index (Phi) is 6.80. The van der Waals surface area contributed by atoms with Crippen LogP contribution in [0.4, 0.5) is 5.82 Å². The average Bonchev–Trinajstić information content (AvgIpc) is 2.47. The van der Waals surface area contributed by atoms with Crippen molar-refractivity contribution in [2.75, 3.05) is 17.6 Å². The molecule has 7 heteroatoms. The summed E-state index contributed by atoms with van der Waals surface area (Å²) in [4.78, 5) is 4.23. The van der Waals surface area contributed by atoms with E-state index in [0.717, 1.165) is 6.26 Å². The van der Waals surface area contributed by atoms with Gasteiger partial charge in [-0.25, -0.2) is 13.4 Å². The predicted octanol–water partition coefficient (Wildman–Crippen LogP) is 2.28. The first-order valence-electron chi connectivity index (χ1n) is 8.20. The summed E-state index contributed by atoms with van der Waals surface area (Å²) in [5, 5.41) is 3.61. The maximum Gasteiger partial charge on any atom is 0.230 e. The Hall–Kier alpha value is -1.18. The number of ether oxygens (including phenoxy) is 1. The van der Waals surface area contributed by atoms with Crippen molar-refractivity contribution in [3.63, 3.8) is 0 Å². The summed E-state index contributed by atoms with van der Waals surface area (Å²) in [6, 6.07) is 6.13. The van der Waals surface area contributed by atoms with Crippen molar-refractivity contribution in [1.82, 2.24) is 10.3 Å². The van der Waals surface area contributed by atoms with Gasteiger partial charge >= 0.3 is 0 Å². The van der Waals surface area contributed by atoms with Crippen molar-refractivity contribution in [3.05, 3.63) is 23.9 Å². The third kappa shape index (κ3) is 7.28. The minimum absolute atomic E-state index is 0.301. The number of anilines is 1. The number of aromatic nitrogens is 1. The van der Waals surface area contributed by atoms with Crippen LogP contribution in [0.3, 0.4) is 0 Å². The second-order valence-corrected chi connectivity index (χ2v) is 8.05. The highest BCUT2D eigenvalue weighted by Crippen LogP contribution is 2.17. The van der Waals surface area contributed by atoms with Gasteiger partial charge in [0.15, 0.2) is 0 Å². The molecule has 1 aliphatic rings. The van der Waals surface area contributed by atoms with Gasteiger partial charge in [0.25, 0.3) is 0 Å². The Morgan fingerprint density at radius 1 is 1.30 bits per heavy atom. The molecule has 0 saturated heterocycles. The molecular formula is C16H27N3O3S. The molecule has 1 aromatic rings. The van der Waals surface area contributed by atoms with Gasteiger partial charge in [-0.3, -0.25) is 4.72 Å². The molecule has 1 fully saturated rings. The lowest BCUT2D eigenvalue weighted by molar-refractivity contribution is 0.0954. The molecule has 1 aromatic heterocycles. The van der Waals surface area contributed by atoms with Crippen molar-refractivity contribution in [1.29, 1.82) is 0 Å². The molecule has 2 rings (SSSR count). The van der Waals surface area contributed by atoms with E-state index in [-0.39, 0.29) is 0 Å². The quantitative estimate of drug-likeness (QED) is 0.758. The molecule has 0 aliphatic heterocycles. The van der Waals surface area contributed by atoms with E-state index in [2.05, 4.69) is 21.9 Å². The molecule has 1 saturated carbocycles. The molecule has 0 radical (unpaired) electrons. The SMILES string of the molecule is CC(COCc1cccc(NS(C)(=O)=O)n1)NC1CCCCC1. The van der Waals surface area contributed by atoms with E-state index in [4.69, 9.17) is 4.74 Å². The molecule has 0 amide bonds. The van der Waals surface area contributed by atoms with Gasteiger partial charge in [-0.05, 0) is 31.9 Å². The maximum atomic E-state index is 11.2. The lowest BCUT2D eigenvalue weighted by Gasteiger charge is -2.26. The zero-order chi connectivity index (χ0) is 16.7. The number of nitrogens with one attached hydrogen (secondary N) is 2. The van der Waals surface area contributed by atoms with Crippen LogP contribution in [0.1, 0.15) is 44.7 Å².